The number of anilines is 2. The van der Waals surface area contributed by atoms with Crippen LogP contribution < -0.4 is 10.6 Å². The summed E-state index contributed by atoms with van der Waals surface area (Å²) in [6.07, 6.45) is 4.89. The Balaban J connectivity index is 0.00000132. The van der Waals surface area contributed by atoms with E-state index in [1.54, 1.807) is 0 Å². The molecule has 21 heavy (non-hydrogen) atoms. The van der Waals surface area contributed by atoms with Crippen LogP contribution in [0, 0.1) is 0 Å². The zero-order valence-corrected chi connectivity index (χ0v) is 14.3. The minimum absolute atomic E-state index is 0. The lowest BCUT2D eigenvalue weighted by atomic mass is 9.97. The Morgan fingerprint density at radius 3 is 2.62 bits per heavy atom. The Morgan fingerprint density at radius 2 is 1.81 bits per heavy atom. The molecular weight excluding hydrogens is 324 g/mol. The molecule has 2 aliphatic rings. The first-order valence-electron chi connectivity index (χ1n) is 7.23. The van der Waals surface area contributed by atoms with Gasteiger partial charge in [0.25, 0.3) is 0 Å². The second kappa shape index (κ2) is 6.18. The molecule has 0 aromatic carbocycles. The molecule has 0 unspecified atom stereocenters. The summed E-state index contributed by atoms with van der Waals surface area (Å²) in [7, 11) is 0. The van der Waals surface area contributed by atoms with Gasteiger partial charge in [-0.25, -0.2) is 4.98 Å². The molecule has 0 saturated carbocycles. The molecule has 1 fully saturated rings. The standard InChI is InChI=1S/C14H18N4S2.ClH/c15-12-11-9-3-1-2-4-10(9)20-13(11)17-14(16-12)18-5-7-19-8-6-18;/h1-8H2,(H2,15,16,17);1H. The first kappa shape index (κ1) is 15.2. The monoisotopic (exact) mass is 342 g/mol. The summed E-state index contributed by atoms with van der Waals surface area (Å²) in [6, 6.07) is 0. The smallest absolute Gasteiger partial charge is 0.228 e. The highest BCUT2D eigenvalue weighted by molar-refractivity contribution is 7.99. The topological polar surface area (TPSA) is 55.0 Å². The fraction of sp³-hybridized carbons (Fsp3) is 0.571. The number of nitrogens with zero attached hydrogens (tertiary/aromatic N) is 3. The van der Waals surface area contributed by atoms with Gasteiger partial charge >= 0.3 is 0 Å². The van der Waals surface area contributed by atoms with Crippen LogP contribution in [0.3, 0.4) is 0 Å². The van der Waals surface area contributed by atoms with Crippen LogP contribution in [0.5, 0.6) is 0 Å². The lowest BCUT2D eigenvalue weighted by molar-refractivity contribution is 0.700. The van der Waals surface area contributed by atoms with Crippen LogP contribution in [0.4, 0.5) is 11.8 Å². The lowest BCUT2D eigenvalue weighted by Gasteiger charge is -2.26. The van der Waals surface area contributed by atoms with Crippen LogP contribution >= 0.6 is 35.5 Å². The van der Waals surface area contributed by atoms with E-state index in [1.807, 2.05) is 23.1 Å². The summed E-state index contributed by atoms with van der Waals surface area (Å²) in [6.45, 7) is 2.06. The molecule has 0 radical (unpaired) electrons. The van der Waals surface area contributed by atoms with E-state index in [9.17, 15) is 0 Å². The Kier molecular flexibility index (Phi) is 4.47. The van der Waals surface area contributed by atoms with Gasteiger partial charge in [-0.15, -0.1) is 23.7 Å². The third-order valence-electron chi connectivity index (χ3n) is 4.12. The molecule has 2 aromatic rings. The van der Waals surface area contributed by atoms with Gasteiger partial charge in [-0.3, -0.25) is 0 Å². The summed E-state index contributed by atoms with van der Waals surface area (Å²) in [5.41, 5.74) is 7.68. The lowest BCUT2D eigenvalue weighted by Crippen LogP contribution is -2.33. The SMILES string of the molecule is Cl.Nc1nc(N2CCSCC2)nc2sc3c(c12)CCCC3. The summed E-state index contributed by atoms with van der Waals surface area (Å²) in [5, 5.41) is 1.14. The third kappa shape index (κ3) is 2.69. The number of thioether (sulfide) groups is 1. The van der Waals surface area contributed by atoms with Crippen molar-refractivity contribution in [1.29, 1.82) is 0 Å². The summed E-state index contributed by atoms with van der Waals surface area (Å²) < 4.78 is 0. The molecule has 0 amide bonds. The number of aromatic nitrogens is 2. The fourth-order valence-corrected chi connectivity index (χ4v) is 5.25. The number of hydrogen-bond donors (Lipinski definition) is 1. The van der Waals surface area contributed by atoms with Gasteiger partial charge in [0.2, 0.25) is 5.95 Å². The minimum Gasteiger partial charge on any atom is -0.383 e. The number of nitrogens with two attached hydrogens (primary N) is 1. The first-order valence-corrected chi connectivity index (χ1v) is 9.20. The Labute approximate surface area is 138 Å². The molecule has 0 spiro atoms. The molecule has 114 valence electrons. The van der Waals surface area contributed by atoms with Crippen molar-refractivity contribution in [3.05, 3.63) is 10.4 Å². The van der Waals surface area contributed by atoms with Crippen molar-refractivity contribution >= 4 is 57.5 Å². The number of fused-ring (bicyclic) bond motifs is 3. The Bertz CT molecular complexity index is 652. The maximum Gasteiger partial charge on any atom is 0.228 e. The highest BCUT2D eigenvalue weighted by atomic mass is 35.5. The van der Waals surface area contributed by atoms with Crippen molar-refractivity contribution in [3.63, 3.8) is 0 Å². The van der Waals surface area contributed by atoms with Gasteiger partial charge in [0.1, 0.15) is 10.6 Å². The van der Waals surface area contributed by atoms with E-state index in [0.29, 0.717) is 5.82 Å². The second-order valence-corrected chi connectivity index (χ2v) is 7.71. The molecule has 1 aliphatic heterocycles. The van der Waals surface area contributed by atoms with E-state index in [2.05, 4.69) is 9.88 Å². The van der Waals surface area contributed by atoms with Gasteiger partial charge in [0.05, 0.1) is 5.39 Å². The number of thiophene rings is 1. The molecule has 4 nitrogen and oxygen atoms in total. The molecule has 1 saturated heterocycles. The van der Waals surface area contributed by atoms with Crippen LogP contribution in [0.25, 0.3) is 10.2 Å². The predicted molar refractivity (Wildman–Crippen MR) is 95.3 cm³/mol. The average Bonchev–Trinajstić information content (AvgIpc) is 2.87. The van der Waals surface area contributed by atoms with Crippen molar-refractivity contribution in [2.75, 3.05) is 35.2 Å². The molecule has 1 aliphatic carbocycles. The number of rotatable bonds is 1. The van der Waals surface area contributed by atoms with Gasteiger partial charge in [-0.05, 0) is 31.2 Å². The van der Waals surface area contributed by atoms with Crippen LogP contribution in [0.2, 0.25) is 0 Å². The van der Waals surface area contributed by atoms with Crippen molar-refractivity contribution in [1.82, 2.24) is 9.97 Å². The van der Waals surface area contributed by atoms with Crippen molar-refractivity contribution in [2.24, 2.45) is 0 Å². The van der Waals surface area contributed by atoms with Crippen LogP contribution in [-0.4, -0.2) is 34.6 Å². The average molecular weight is 343 g/mol. The molecule has 2 N–H and O–H groups in total. The molecule has 3 heterocycles. The minimum atomic E-state index is 0. The highest BCUT2D eigenvalue weighted by Crippen LogP contribution is 2.38. The van der Waals surface area contributed by atoms with Crippen molar-refractivity contribution in [2.45, 2.75) is 25.7 Å². The van der Waals surface area contributed by atoms with Crippen molar-refractivity contribution in [3.8, 4) is 0 Å². The van der Waals surface area contributed by atoms with Gasteiger partial charge in [-0.1, -0.05) is 0 Å². The highest BCUT2D eigenvalue weighted by Gasteiger charge is 2.22. The van der Waals surface area contributed by atoms with E-state index in [1.165, 1.54) is 29.7 Å². The molecule has 2 aromatic heterocycles. The molecule has 4 rings (SSSR count). The molecule has 7 heteroatoms. The maximum atomic E-state index is 6.26. The molecular formula is C14H19ClN4S2. The summed E-state index contributed by atoms with van der Waals surface area (Å²) in [5.74, 6) is 3.82. The zero-order chi connectivity index (χ0) is 13.5. The predicted octanol–water partition coefficient (Wildman–Crippen LogP) is 3.13. The summed E-state index contributed by atoms with van der Waals surface area (Å²) >= 11 is 3.83. The van der Waals surface area contributed by atoms with Gasteiger partial charge < -0.3 is 10.6 Å². The summed E-state index contributed by atoms with van der Waals surface area (Å²) in [4.78, 5) is 14.3. The van der Waals surface area contributed by atoms with E-state index < -0.39 is 0 Å². The van der Waals surface area contributed by atoms with Crippen molar-refractivity contribution < 1.29 is 0 Å². The fourth-order valence-electron chi connectivity index (χ4n) is 3.08. The van der Waals surface area contributed by atoms with Crippen LogP contribution in [0.1, 0.15) is 23.3 Å². The largest absolute Gasteiger partial charge is 0.383 e. The van der Waals surface area contributed by atoms with E-state index in [4.69, 9.17) is 10.7 Å². The number of halogens is 1. The van der Waals surface area contributed by atoms with E-state index >= 15 is 0 Å². The number of aryl methyl sites for hydroxylation is 2. The van der Waals surface area contributed by atoms with Gasteiger partial charge in [-0.2, -0.15) is 16.7 Å². The molecule has 0 bridgehead atoms. The second-order valence-electron chi connectivity index (χ2n) is 5.40. The number of nitrogen functional groups attached to an aromatic ring is 1. The van der Waals surface area contributed by atoms with Gasteiger partial charge in [0, 0.05) is 29.5 Å². The first-order chi connectivity index (χ1) is 9.83. The normalized spacial score (nSPS) is 18.4. The van der Waals surface area contributed by atoms with E-state index in [-0.39, 0.29) is 12.4 Å². The zero-order valence-electron chi connectivity index (χ0n) is 11.8. The third-order valence-corrected chi connectivity index (χ3v) is 6.25. The molecule has 0 atom stereocenters. The van der Waals surface area contributed by atoms with Gasteiger partial charge in [0.15, 0.2) is 0 Å². The Hall–Kier alpha value is -0.720. The van der Waals surface area contributed by atoms with Crippen LogP contribution in [-0.2, 0) is 12.8 Å². The van der Waals surface area contributed by atoms with E-state index in [0.717, 1.165) is 47.2 Å². The number of hydrogen-bond acceptors (Lipinski definition) is 6. The Morgan fingerprint density at radius 1 is 1.05 bits per heavy atom. The maximum absolute atomic E-state index is 6.26. The quantitative estimate of drug-likeness (QED) is 0.862. The van der Waals surface area contributed by atoms with Crippen LogP contribution in [0.15, 0.2) is 0 Å².